The highest BCUT2D eigenvalue weighted by atomic mass is 35.5. The zero-order valence-corrected chi connectivity index (χ0v) is 10.4. The van der Waals surface area contributed by atoms with Gasteiger partial charge >= 0.3 is 0 Å². The summed E-state index contributed by atoms with van der Waals surface area (Å²) >= 11 is 6.00. The molecule has 84 valence electrons. The van der Waals surface area contributed by atoms with Crippen LogP contribution in [0.15, 0.2) is 18.2 Å². The fourth-order valence-electron chi connectivity index (χ4n) is 1.35. The summed E-state index contributed by atoms with van der Waals surface area (Å²) in [6.07, 6.45) is 0.267. The van der Waals surface area contributed by atoms with E-state index in [0.717, 1.165) is 5.56 Å². The molecule has 16 heavy (non-hydrogen) atoms. The van der Waals surface area contributed by atoms with Gasteiger partial charge in [0, 0.05) is 16.0 Å². The van der Waals surface area contributed by atoms with Crippen LogP contribution in [0.5, 0.6) is 0 Å². The minimum absolute atomic E-state index is 0.0536. The number of carbonyl (C=O) groups is 1. The molecule has 0 heterocycles. The third kappa shape index (κ3) is 2.84. The van der Waals surface area contributed by atoms with Crippen molar-refractivity contribution >= 4 is 17.4 Å². The molecule has 0 bridgehead atoms. The predicted molar refractivity (Wildman–Crippen MR) is 64.6 cm³/mol. The largest absolute Gasteiger partial charge is 0.294 e. The van der Waals surface area contributed by atoms with E-state index < -0.39 is 5.41 Å². The van der Waals surface area contributed by atoms with Crippen molar-refractivity contribution in [1.29, 1.82) is 5.26 Å². The van der Waals surface area contributed by atoms with Crippen molar-refractivity contribution in [2.75, 3.05) is 0 Å². The first-order valence-electron chi connectivity index (χ1n) is 5.06. The van der Waals surface area contributed by atoms with Crippen molar-refractivity contribution in [2.24, 2.45) is 5.41 Å². The number of carbonyl (C=O) groups excluding carboxylic acids is 1. The number of hydrogen-bond donors (Lipinski definition) is 0. The van der Waals surface area contributed by atoms with Crippen LogP contribution in [0.4, 0.5) is 0 Å². The summed E-state index contributed by atoms with van der Waals surface area (Å²) in [6, 6.07) is 7.14. The lowest BCUT2D eigenvalue weighted by atomic mass is 9.86. The highest BCUT2D eigenvalue weighted by Gasteiger charge is 2.23. The summed E-state index contributed by atoms with van der Waals surface area (Å²) in [5.41, 5.74) is 0.939. The van der Waals surface area contributed by atoms with Crippen molar-refractivity contribution < 1.29 is 4.79 Å². The van der Waals surface area contributed by atoms with E-state index in [-0.39, 0.29) is 12.2 Å². The summed E-state index contributed by atoms with van der Waals surface area (Å²) in [5.74, 6) is 0.0536. The monoisotopic (exact) mass is 235 g/mol. The zero-order valence-electron chi connectivity index (χ0n) is 9.67. The summed E-state index contributed by atoms with van der Waals surface area (Å²) in [4.78, 5) is 12.0. The van der Waals surface area contributed by atoms with E-state index in [0.29, 0.717) is 10.6 Å². The number of nitrogens with zero attached hydrogens (tertiary/aromatic N) is 1. The van der Waals surface area contributed by atoms with Crippen molar-refractivity contribution in [2.45, 2.75) is 27.2 Å². The van der Waals surface area contributed by atoms with Gasteiger partial charge in [-0.1, -0.05) is 44.5 Å². The van der Waals surface area contributed by atoms with Crippen LogP contribution in [0.3, 0.4) is 0 Å². The van der Waals surface area contributed by atoms with Crippen LogP contribution >= 0.6 is 11.6 Å². The maximum Gasteiger partial charge on any atom is 0.168 e. The number of benzene rings is 1. The molecule has 0 fully saturated rings. The smallest absolute Gasteiger partial charge is 0.168 e. The average molecular weight is 236 g/mol. The number of nitriles is 1. The van der Waals surface area contributed by atoms with E-state index >= 15 is 0 Å². The molecule has 2 nitrogen and oxygen atoms in total. The van der Waals surface area contributed by atoms with Crippen LogP contribution in [0, 0.1) is 16.7 Å². The van der Waals surface area contributed by atoms with Gasteiger partial charge in [0.1, 0.15) is 0 Å². The van der Waals surface area contributed by atoms with Crippen LogP contribution in [-0.4, -0.2) is 5.78 Å². The van der Waals surface area contributed by atoms with Gasteiger partial charge in [0.25, 0.3) is 0 Å². The Kier molecular flexibility index (Phi) is 3.72. The predicted octanol–water partition coefficient (Wildman–Crippen LogP) is 3.63. The summed E-state index contributed by atoms with van der Waals surface area (Å²) < 4.78 is 0. The van der Waals surface area contributed by atoms with E-state index in [1.165, 1.54) is 0 Å². The second kappa shape index (κ2) is 4.67. The van der Waals surface area contributed by atoms with Crippen LogP contribution in [0.1, 0.15) is 36.7 Å². The van der Waals surface area contributed by atoms with Gasteiger partial charge in [-0.25, -0.2) is 0 Å². The van der Waals surface area contributed by atoms with Crippen LogP contribution in [0.2, 0.25) is 5.02 Å². The Morgan fingerprint density at radius 1 is 1.44 bits per heavy atom. The Labute approximate surface area is 101 Å². The molecule has 0 amide bonds. The van der Waals surface area contributed by atoms with Gasteiger partial charge in [-0.2, -0.15) is 5.26 Å². The SMILES string of the molecule is CC(C)(C)C(=O)c1ccc(CC#N)c(Cl)c1. The Balaban J connectivity index is 3.08. The molecule has 0 radical (unpaired) electrons. The molecule has 0 atom stereocenters. The van der Waals surface area contributed by atoms with Crippen LogP contribution in [0.25, 0.3) is 0 Å². The lowest BCUT2D eigenvalue weighted by Gasteiger charge is -2.17. The number of hydrogen-bond acceptors (Lipinski definition) is 2. The minimum atomic E-state index is -0.417. The second-order valence-corrected chi connectivity index (χ2v) is 5.13. The van der Waals surface area contributed by atoms with Crippen LogP contribution in [-0.2, 0) is 6.42 Å². The van der Waals surface area contributed by atoms with Gasteiger partial charge in [-0.15, -0.1) is 0 Å². The second-order valence-electron chi connectivity index (χ2n) is 4.72. The molecule has 1 rings (SSSR count). The molecule has 0 aliphatic heterocycles. The number of rotatable bonds is 2. The van der Waals surface area contributed by atoms with E-state index in [2.05, 4.69) is 0 Å². The standard InChI is InChI=1S/C13H14ClNO/c1-13(2,3)12(16)10-5-4-9(6-7-15)11(14)8-10/h4-5,8H,6H2,1-3H3. The highest BCUT2D eigenvalue weighted by molar-refractivity contribution is 6.31. The molecule has 0 aromatic heterocycles. The Hall–Kier alpha value is -1.33. The molecule has 0 spiro atoms. The zero-order chi connectivity index (χ0) is 12.3. The highest BCUT2D eigenvalue weighted by Crippen LogP contribution is 2.24. The first-order valence-corrected chi connectivity index (χ1v) is 5.44. The fraction of sp³-hybridized carbons (Fsp3) is 0.385. The van der Waals surface area contributed by atoms with Gasteiger partial charge in [0.15, 0.2) is 5.78 Å². The molecule has 0 aliphatic rings. The van der Waals surface area contributed by atoms with Gasteiger partial charge in [-0.3, -0.25) is 4.79 Å². The maximum atomic E-state index is 12.0. The first-order chi connectivity index (χ1) is 7.36. The summed E-state index contributed by atoms with van der Waals surface area (Å²) in [7, 11) is 0. The van der Waals surface area contributed by atoms with Crippen molar-refractivity contribution in [3.8, 4) is 6.07 Å². The average Bonchev–Trinajstić information content (AvgIpc) is 2.19. The van der Waals surface area contributed by atoms with E-state index in [4.69, 9.17) is 16.9 Å². The molecular weight excluding hydrogens is 222 g/mol. The molecule has 1 aromatic carbocycles. The number of Topliss-reactive ketones (excluding diaryl/α,β-unsaturated/α-hetero) is 1. The molecule has 0 N–H and O–H groups in total. The quantitative estimate of drug-likeness (QED) is 0.735. The van der Waals surface area contributed by atoms with Gasteiger partial charge in [-0.05, 0) is 11.6 Å². The van der Waals surface area contributed by atoms with Gasteiger partial charge in [0.05, 0.1) is 12.5 Å². The van der Waals surface area contributed by atoms with Crippen molar-refractivity contribution in [3.05, 3.63) is 34.3 Å². The Morgan fingerprint density at radius 3 is 2.50 bits per heavy atom. The lowest BCUT2D eigenvalue weighted by molar-refractivity contribution is 0.0858. The normalized spacial score (nSPS) is 10.9. The van der Waals surface area contributed by atoms with Gasteiger partial charge < -0.3 is 0 Å². The van der Waals surface area contributed by atoms with E-state index in [9.17, 15) is 4.79 Å². The molecule has 3 heteroatoms. The topological polar surface area (TPSA) is 40.9 Å². The Bertz CT molecular complexity index is 452. The van der Waals surface area contributed by atoms with E-state index in [1.807, 2.05) is 26.8 Å². The Morgan fingerprint density at radius 2 is 2.06 bits per heavy atom. The lowest BCUT2D eigenvalue weighted by Crippen LogP contribution is -2.20. The number of ketones is 1. The third-order valence-corrected chi connectivity index (χ3v) is 2.62. The van der Waals surface area contributed by atoms with Crippen LogP contribution < -0.4 is 0 Å². The molecule has 0 saturated heterocycles. The molecule has 0 unspecified atom stereocenters. The minimum Gasteiger partial charge on any atom is -0.294 e. The summed E-state index contributed by atoms with van der Waals surface area (Å²) in [6.45, 7) is 5.60. The fourth-order valence-corrected chi connectivity index (χ4v) is 1.60. The summed E-state index contributed by atoms with van der Waals surface area (Å²) in [5, 5.41) is 9.06. The first kappa shape index (κ1) is 12.7. The molecular formula is C13H14ClNO. The maximum absolute atomic E-state index is 12.0. The van der Waals surface area contributed by atoms with Gasteiger partial charge in [0.2, 0.25) is 0 Å². The molecule has 0 saturated carbocycles. The number of halogens is 1. The third-order valence-electron chi connectivity index (χ3n) is 2.27. The van der Waals surface area contributed by atoms with E-state index in [1.54, 1.807) is 18.2 Å². The molecule has 0 aliphatic carbocycles. The van der Waals surface area contributed by atoms with Crippen molar-refractivity contribution in [1.82, 2.24) is 0 Å². The molecule has 1 aromatic rings. The van der Waals surface area contributed by atoms with Crippen molar-refractivity contribution in [3.63, 3.8) is 0 Å².